The van der Waals surface area contributed by atoms with Crippen LogP contribution in [-0.4, -0.2) is 0 Å². The van der Waals surface area contributed by atoms with Crippen molar-refractivity contribution in [1.29, 1.82) is 0 Å². The summed E-state index contributed by atoms with van der Waals surface area (Å²) in [7, 11) is 0. The van der Waals surface area contributed by atoms with Crippen molar-refractivity contribution in [2.24, 2.45) is 0 Å². The van der Waals surface area contributed by atoms with Crippen molar-refractivity contribution in [3.63, 3.8) is 0 Å². The number of alkyl halides is 1. The number of hydrogen-bond donors (Lipinski definition) is 0. The van der Waals surface area contributed by atoms with Crippen LogP contribution in [-0.2, 0) is 6.42 Å². The summed E-state index contributed by atoms with van der Waals surface area (Å²) in [5, 5.41) is 3.38. The molecule has 0 nitrogen and oxygen atoms in total. The van der Waals surface area contributed by atoms with Crippen molar-refractivity contribution in [3.05, 3.63) is 70.6 Å². The molecule has 1 aromatic heterocycles. The second-order valence-corrected chi connectivity index (χ2v) is 5.99. The summed E-state index contributed by atoms with van der Waals surface area (Å²) in [6.45, 7) is 2.17. The fraction of sp³-hybridized carbons (Fsp3) is 0.176. The third kappa shape index (κ3) is 2.41. The van der Waals surface area contributed by atoms with Gasteiger partial charge in [-0.05, 0) is 39.9 Å². The summed E-state index contributed by atoms with van der Waals surface area (Å²) in [6.07, 6.45) is 1.06. The molecule has 0 aliphatic carbocycles. The third-order valence-electron chi connectivity index (χ3n) is 3.46. The van der Waals surface area contributed by atoms with Crippen molar-refractivity contribution in [1.82, 2.24) is 0 Å². The normalized spacial score (nSPS) is 12.7. The van der Waals surface area contributed by atoms with Gasteiger partial charge in [0.1, 0.15) is 0 Å². The minimum atomic E-state index is -0.0675. The molecule has 0 spiro atoms. The Labute approximate surface area is 122 Å². The van der Waals surface area contributed by atoms with E-state index in [0.29, 0.717) is 0 Å². The highest BCUT2D eigenvalue weighted by molar-refractivity contribution is 7.17. The highest BCUT2D eigenvalue weighted by Crippen LogP contribution is 2.37. The maximum absolute atomic E-state index is 6.65. The first-order chi connectivity index (χ1) is 9.29. The van der Waals surface area contributed by atoms with Crippen LogP contribution < -0.4 is 0 Å². The second-order valence-electron chi connectivity index (χ2n) is 4.64. The van der Waals surface area contributed by atoms with Gasteiger partial charge in [0.2, 0.25) is 0 Å². The number of hydrogen-bond acceptors (Lipinski definition) is 1. The molecule has 1 heterocycles. The number of aryl methyl sites for hydroxylation is 1. The molecule has 19 heavy (non-hydrogen) atoms. The zero-order valence-electron chi connectivity index (χ0n) is 10.8. The Morgan fingerprint density at radius 3 is 2.53 bits per heavy atom. The van der Waals surface area contributed by atoms with E-state index in [9.17, 15) is 0 Å². The van der Waals surface area contributed by atoms with Crippen LogP contribution >= 0.6 is 22.9 Å². The molecular weight excluding hydrogens is 272 g/mol. The quantitative estimate of drug-likeness (QED) is 0.534. The van der Waals surface area contributed by atoms with Crippen molar-refractivity contribution in [3.8, 4) is 0 Å². The average molecular weight is 287 g/mol. The molecule has 0 fully saturated rings. The lowest BCUT2D eigenvalue weighted by Gasteiger charge is -2.10. The van der Waals surface area contributed by atoms with Gasteiger partial charge in [0, 0.05) is 4.70 Å². The van der Waals surface area contributed by atoms with Crippen molar-refractivity contribution in [2.75, 3.05) is 0 Å². The Morgan fingerprint density at radius 1 is 1.05 bits per heavy atom. The summed E-state index contributed by atoms with van der Waals surface area (Å²) in [6, 6.07) is 17.1. The molecule has 2 aromatic carbocycles. The molecule has 0 aliphatic rings. The lowest BCUT2D eigenvalue weighted by Crippen LogP contribution is -1.92. The smallest absolute Gasteiger partial charge is 0.0849 e. The van der Waals surface area contributed by atoms with Crippen LogP contribution in [0.15, 0.2) is 53.9 Å². The first-order valence-corrected chi connectivity index (χ1v) is 7.80. The Morgan fingerprint density at radius 2 is 1.79 bits per heavy atom. The predicted octanol–water partition coefficient (Wildman–Crippen LogP) is 5.79. The van der Waals surface area contributed by atoms with Crippen LogP contribution in [0.5, 0.6) is 0 Å². The molecular formula is C17H15ClS. The number of benzene rings is 2. The topological polar surface area (TPSA) is 0 Å². The van der Waals surface area contributed by atoms with Crippen molar-refractivity contribution in [2.45, 2.75) is 18.7 Å². The molecule has 0 bridgehead atoms. The minimum absolute atomic E-state index is 0.0675. The first-order valence-electron chi connectivity index (χ1n) is 6.48. The van der Waals surface area contributed by atoms with E-state index < -0.39 is 0 Å². The number of thiophene rings is 1. The van der Waals surface area contributed by atoms with E-state index in [1.54, 1.807) is 11.3 Å². The number of fused-ring (bicyclic) bond motifs is 1. The van der Waals surface area contributed by atoms with E-state index in [-0.39, 0.29) is 5.38 Å². The molecule has 0 aliphatic heterocycles. The van der Waals surface area contributed by atoms with Crippen LogP contribution in [0.2, 0.25) is 0 Å². The standard InChI is InChI=1S/C17H15ClS/c1-2-12-7-9-13(10-8-12)17(18)15-11-19-16-6-4-3-5-14(15)16/h3-11,17H,2H2,1H3. The molecule has 2 heteroatoms. The lowest BCUT2D eigenvalue weighted by molar-refractivity contribution is 1.11. The lowest BCUT2D eigenvalue weighted by atomic mass is 10.0. The van der Waals surface area contributed by atoms with Gasteiger partial charge >= 0.3 is 0 Å². The van der Waals surface area contributed by atoms with E-state index in [0.717, 1.165) is 6.42 Å². The van der Waals surface area contributed by atoms with Crippen LogP contribution in [0.1, 0.15) is 29.0 Å². The van der Waals surface area contributed by atoms with Gasteiger partial charge in [-0.2, -0.15) is 0 Å². The molecule has 0 N–H and O–H groups in total. The molecule has 0 saturated heterocycles. The Bertz CT molecular complexity index is 682. The number of rotatable bonds is 3. The van der Waals surface area contributed by atoms with E-state index in [1.807, 2.05) is 0 Å². The molecule has 0 amide bonds. The van der Waals surface area contributed by atoms with E-state index in [4.69, 9.17) is 11.6 Å². The minimum Gasteiger partial charge on any atom is -0.143 e. The molecule has 3 rings (SSSR count). The predicted molar refractivity (Wildman–Crippen MR) is 85.3 cm³/mol. The van der Waals surface area contributed by atoms with Gasteiger partial charge in [-0.25, -0.2) is 0 Å². The third-order valence-corrected chi connectivity index (χ3v) is 4.93. The van der Waals surface area contributed by atoms with Gasteiger partial charge < -0.3 is 0 Å². The fourth-order valence-electron chi connectivity index (χ4n) is 2.30. The van der Waals surface area contributed by atoms with E-state index in [2.05, 4.69) is 60.8 Å². The van der Waals surface area contributed by atoms with Crippen LogP contribution in [0.3, 0.4) is 0 Å². The highest BCUT2D eigenvalue weighted by atomic mass is 35.5. The monoisotopic (exact) mass is 286 g/mol. The Balaban J connectivity index is 2.00. The summed E-state index contributed by atoms with van der Waals surface area (Å²) in [5.41, 5.74) is 3.73. The molecule has 0 radical (unpaired) electrons. The highest BCUT2D eigenvalue weighted by Gasteiger charge is 2.15. The van der Waals surface area contributed by atoms with E-state index in [1.165, 1.54) is 26.8 Å². The largest absolute Gasteiger partial charge is 0.143 e. The van der Waals surface area contributed by atoms with Gasteiger partial charge in [-0.1, -0.05) is 49.4 Å². The van der Waals surface area contributed by atoms with Crippen molar-refractivity contribution < 1.29 is 0 Å². The first kappa shape index (κ1) is 12.7. The summed E-state index contributed by atoms with van der Waals surface area (Å²) < 4.78 is 1.30. The molecule has 96 valence electrons. The zero-order valence-corrected chi connectivity index (χ0v) is 12.3. The fourth-order valence-corrected chi connectivity index (χ4v) is 3.68. The average Bonchev–Trinajstić information content (AvgIpc) is 2.90. The molecule has 3 aromatic rings. The van der Waals surface area contributed by atoms with Gasteiger partial charge in [0.15, 0.2) is 0 Å². The molecule has 1 atom stereocenters. The molecule has 1 unspecified atom stereocenters. The van der Waals surface area contributed by atoms with Gasteiger partial charge in [-0.3, -0.25) is 0 Å². The maximum atomic E-state index is 6.65. The number of halogens is 1. The Hall–Kier alpha value is -1.31. The zero-order chi connectivity index (χ0) is 13.2. The second kappa shape index (κ2) is 5.36. The van der Waals surface area contributed by atoms with Gasteiger partial charge in [0.05, 0.1) is 5.38 Å². The Kier molecular flexibility index (Phi) is 3.58. The summed E-state index contributed by atoms with van der Waals surface area (Å²) >= 11 is 8.41. The van der Waals surface area contributed by atoms with Crippen molar-refractivity contribution >= 4 is 33.0 Å². The van der Waals surface area contributed by atoms with E-state index >= 15 is 0 Å². The maximum Gasteiger partial charge on any atom is 0.0849 e. The van der Waals surface area contributed by atoms with Crippen LogP contribution in [0, 0.1) is 0 Å². The van der Waals surface area contributed by atoms with Gasteiger partial charge in [0.25, 0.3) is 0 Å². The molecule has 0 saturated carbocycles. The SMILES string of the molecule is CCc1ccc(C(Cl)c2csc3ccccc23)cc1. The van der Waals surface area contributed by atoms with Crippen LogP contribution in [0.4, 0.5) is 0 Å². The van der Waals surface area contributed by atoms with Crippen LogP contribution in [0.25, 0.3) is 10.1 Å². The summed E-state index contributed by atoms with van der Waals surface area (Å²) in [4.78, 5) is 0. The van der Waals surface area contributed by atoms with Gasteiger partial charge in [-0.15, -0.1) is 22.9 Å². The summed E-state index contributed by atoms with van der Waals surface area (Å²) in [5.74, 6) is 0.